The summed E-state index contributed by atoms with van der Waals surface area (Å²) >= 11 is 0. The number of ether oxygens (including phenoxy) is 1. The third-order valence-corrected chi connectivity index (χ3v) is 2.84. The van der Waals surface area contributed by atoms with Gasteiger partial charge in [0.25, 0.3) is 0 Å². The minimum atomic E-state index is -0.547. The molecule has 0 aliphatic carbocycles. The van der Waals surface area contributed by atoms with Gasteiger partial charge < -0.3 is 4.74 Å². The molecule has 1 unspecified atom stereocenters. The van der Waals surface area contributed by atoms with Crippen molar-refractivity contribution in [2.75, 3.05) is 6.61 Å². The molecule has 0 bridgehead atoms. The Kier molecular flexibility index (Phi) is 8.73. The summed E-state index contributed by atoms with van der Waals surface area (Å²) in [6, 6.07) is 0. The van der Waals surface area contributed by atoms with Gasteiger partial charge in [0.2, 0.25) is 0 Å². The zero-order valence-electron chi connectivity index (χ0n) is 11.6. The average molecular weight is 242 g/mol. The number of ketones is 1. The Morgan fingerprint density at radius 1 is 1.06 bits per heavy atom. The number of carbonyl (C=O) groups is 2. The molecule has 3 nitrogen and oxygen atoms in total. The standard InChI is InChI=1S/C14H26O3/c1-5-17-14(16)13(12(4)15)10-8-6-7-9-11(2)3/h11,13H,5-10H2,1-4H3. The Morgan fingerprint density at radius 3 is 2.12 bits per heavy atom. The summed E-state index contributed by atoms with van der Waals surface area (Å²) in [5, 5.41) is 0. The average Bonchev–Trinajstić information content (AvgIpc) is 2.22. The quantitative estimate of drug-likeness (QED) is 0.354. The molecule has 0 spiro atoms. The minimum absolute atomic E-state index is 0.0766. The van der Waals surface area contributed by atoms with E-state index < -0.39 is 5.92 Å². The van der Waals surface area contributed by atoms with Crippen molar-refractivity contribution in [1.29, 1.82) is 0 Å². The van der Waals surface area contributed by atoms with E-state index in [0.717, 1.165) is 18.8 Å². The second-order valence-corrected chi connectivity index (χ2v) is 4.95. The van der Waals surface area contributed by atoms with Crippen molar-refractivity contribution >= 4 is 11.8 Å². The highest BCUT2D eigenvalue weighted by Crippen LogP contribution is 2.15. The summed E-state index contributed by atoms with van der Waals surface area (Å²) in [6.07, 6.45) is 5.03. The molecule has 0 fully saturated rings. The summed E-state index contributed by atoms with van der Waals surface area (Å²) in [5.41, 5.74) is 0. The van der Waals surface area contributed by atoms with Crippen LogP contribution >= 0.6 is 0 Å². The van der Waals surface area contributed by atoms with Crippen LogP contribution in [0.1, 0.15) is 59.8 Å². The van der Waals surface area contributed by atoms with Crippen LogP contribution in [0.3, 0.4) is 0 Å². The molecule has 1 atom stereocenters. The molecule has 0 aromatic heterocycles. The molecule has 0 amide bonds. The molecule has 0 N–H and O–H groups in total. The van der Waals surface area contributed by atoms with E-state index in [2.05, 4.69) is 13.8 Å². The van der Waals surface area contributed by atoms with Crippen LogP contribution in [0.25, 0.3) is 0 Å². The zero-order valence-corrected chi connectivity index (χ0v) is 11.6. The van der Waals surface area contributed by atoms with Gasteiger partial charge in [0.05, 0.1) is 6.61 Å². The third kappa shape index (κ3) is 7.94. The van der Waals surface area contributed by atoms with Gasteiger partial charge >= 0.3 is 5.97 Å². The van der Waals surface area contributed by atoms with Gasteiger partial charge in [-0.15, -0.1) is 0 Å². The van der Waals surface area contributed by atoms with Crippen molar-refractivity contribution in [3.8, 4) is 0 Å². The normalized spacial score (nSPS) is 12.5. The Bertz CT molecular complexity index is 234. The summed E-state index contributed by atoms with van der Waals surface area (Å²) in [6.45, 7) is 7.98. The van der Waals surface area contributed by atoms with E-state index in [-0.39, 0.29) is 11.8 Å². The Hall–Kier alpha value is -0.860. The lowest BCUT2D eigenvalue weighted by molar-refractivity contribution is -0.151. The van der Waals surface area contributed by atoms with Crippen LogP contribution in [0.4, 0.5) is 0 Å². The van der Waals surface area contributed by atoms with Crippen LogP contribution in [-0.2, 0) is 14.3 Å². The van der Waals surface area contributed by atoms with Crippen molar-refractivity contribution in [3.05, 3.63) is 0 Å². The molecule has 0 radical (unpaired) electrons. The van der Waals surface area contributed by atoms with Gasteiger partial charge in [-0.1, -0.05) is 39.5 Å². The number of esters is 1. The van der Waals surface area contributed by atoms with Gasteiger partial charge in [-0.3, -0.25) is 9.59 Å². The van der Waals surface area contributed by atoms with Crippen LogP contribution in [0.5, 0.6) is 0 Å². The van der Waals surface area contributed by atoms with Gasteiger partial charge in [-0.2, -0.15) is 0 Å². The highest BCUT2D eigenvalue weighted by atomic mass is 16.5. The number of Topliss-reactive ketones (excluding diaryl/α,β-unsaturated/α-hetero) is 1. The largest absolute Gasteiger partial charge is 0.465 e. The predicted molar refractivity (Wildman–Crippen MR) is 68.7 cm³/mol. The fourth-order valence-electron chi connectivity index (χ4n) is 1.81. The van der Waals surface area contributed by atoms with Crippen molar-refractivity contribution in [1.82, 2.24) is 0 Å². The Morgan fingerprint density at radius 2 is 1.65 bits per heavy atom. The second kappa shape index (κ2) is 9.20. The second-order valence-electron chi connectivity index (χ2n) is 4.95. The molecule has 0 heterocycles. The van der Waals surface area contributed by atoms with Gasteiger partial charge in [0.15, 0.2) is 0 Å². The molecule has 0 saturated carbocycles. The SMILES string of the molecule is CCOC(=O)C(CCCCCC(C)C)C(C)=O. The number of rotatable bonds is 9. The smallest absolute Gasteiger partial charge is 0.316 e. The molecule has 0 aromatic rings. The summed E-state index contributed by atoms with van der Waals surface area (Å²) in [5.74, 6) is -0.256. The fourth-order valence-corrected chi connectivity index (χ4v) is 1.81. The monoisotopic (exact) mass is 242 g/mol. The van der Waals surface area contributed by atoms with Crippen LogP contribution in [-0.4, -0.2) is 18.4 Å². The molecule has 100 valence electrons. The van der Waals surface area contributed by atoms with Gasteiger partial charge in [-0.05, 0) is 26.2 Å². The number of hydrogen-bond acceptors (Lipinski definition) is 3. The molecule has 0 saturated heterocycles. The van der Waals surface area contributed by atoms with Crippen LogP contribution in [0.2, 0.25) is 0 Å². The lowest BCUT2D eigenvalue weighted by atomic mass is 9.96. The van der Waals surface area contributed by atoms with Crippen LogP contribution in [0.15, 0.2) is 0 Å². The van der Waals surface area contributed by atoms with E-state index >= 15 is 0 Å². The van der Waals surface area contributed by atoms with E-state index in [1.165, 1.54) is 19.8 Å². The molecule has 0 aromatic carbocycles. The van der Waals surface area contributed by atoms with Crippen LogP contribution < -0.4 is 0 Å². The number of unbranched alkanes of at least 4 members (excludes halogenated alkanes) is 2. The van der Waals surface area contributed by atoms with Gasteiger partial charge in [-0.25, -0.2) is 0 Å². The maximum absolute atomic E-state index is 11.5. The van der Waals surface area contributed by atoms with Crippen molar-refractivity contribution in [3.63, 3.8) is 0 Å². The predicted octanol–water partition coefficient (Wildman–Crippen LogP) is 3.36. The maximum Gasteiger partial charge on any atom is 0.316 e. The molecular formula is C14H26O3. The van der Waals surface area contributed by atoms with Crippen molar-refractivity contribution < 1.29 is 14.3 Å². The maximum atomic E-state index is 11.5. The molecule has 0 aliphatic heterocycles. The Balaban J connectivity index is 3.86. The third-order valence-electron chi connectivity index (χ3n) is 2.84. The molecule has 3 heteroatoms. The summed E-state index contributed by atoms with van der Waals surface area (Å²) < 4.78 is 4.90. The summed E-state index contributed by atoms with van der Waals surface area (Å²) in [4.78, 5) is 22.8. The van der Waals surface area contributed by atoms with E-state index in [9.17, 15) is 9.59 Å². The molecular weight excluding hydrogens is 216 g/mol. The lowest BCUT2D eigenvalue weighted by Crippen LogP contribution is -2.24. The minimum Gasteiger partial charge on any atom is -0.465 e. The first-order valence-electron chi connectivity index (χ1n) is 6.66. The fraction of sp³-hybridized carbons (Fsp3) is 0.857. The van der Waals surface area contributed by atoms with Gasteiger partial charge in [0, 0.05) is 0 Å². The Labute approximate surface area is 105 Å². The molecule has 0 aliphatic rings. The molecule has 0 rings (SSSR count). The zero-order chi connectivity index (χ0) is 13.3. The molecule has 17 heavy (non-hydrogen) atoms. The summed E-state index contributed by atoms with van der Waals surface area (Å²) in [7, 11) is 0. The van der Waals surface area contributed by atoms with E-state index in [4.69, 9.17) is 4.74 Å². The van der Waals surface area contributed by atoms with E-state index in [0.29, 0.717) is 13.0 Å². The van der Waals surface area contributed by atoms with E-state index in [1.807, 2.05) is 0 Å². The first kappa shape index (κ1) is 16.1. The topological polar surface area (TPSA) is 43.4 Å². The van der Waals surface area contributed by atoms with Gasteiger partial charge in [0.1, 0.15) is 11.7 Å². The highest BCUT2D eigenvalue weighted by molar-refractivity contribution is 5.97. The number of carbonyl (C=O) groups excluding carboxylic acids is 2. The highest BCUT2D eigenvalue weighted by Gasteiger charge is 2.23. The first-order valence-corrected chi connectivity index (χ1v) is 6.66. The van der Waals surface area contributed by atoms with Crippen molar-refractivity contribution in [2.24, 2.45) is 11.8 Å². The lowest BCUT2D eigenvalue weighted by Gasteiger charge is -2.12. The first-order chi connectivity index (χ1) is 7.99. The van der Waals surface area contributed by atoms with Crippen LogP contribution in [0, 0.1) is 11.8 Å². The van der Waals surface area contributed by atoms with Crippen molar-refractivity contribution in [2.45, 2.75) is 59.8 Å². The van der Waals surface area contributed by atoms with E-state index in [1.54, 1.807) is 6.92 Å². The number of hydrogen-bond donors (Lipinski definition) is 0.